The molecule has 4 rings (SSSR count). The molecule has 3 aromatic rings. The third-order valence-corrected chi connectivity index (χ3v) is 4.96. The van der Waals surface area contributed by atoms with E-state index in [-0.39, 0.29) is 10.9 Å². The number of aromatic nitrogens is 1. The van der Waals surface area contributed by atoms with Crippen LogP contribution in [0, 0.1) is 0 Å². The summed E-state index contributed by atoms with van der Waals surface area (Å²) < 4.78 is 5.37. The summed E-state index contributed by atoms with van der Waals surface area (Å²) in [5.74, 6) is -0.248. The minimum atomic E-state index is -1.31. The summed E-state index contributed by atoms with van der Waals surface area (Å²) in [6, 6.07) is 12.3. The molecular formula is C18H14N2O4S. The monoisotopic (exact) mass is 354 g/mol. The van der Waals surface area contributed by atoms with Crippen molar-refractivity contribution >= 4 is 28.2 Å². The zero-order valence-electron chi connectivity index (χ0n) is 13.1. The van der Waals surface area contributed by atoms with Crippen molar-refractivity contribution in [3.63, 3.8) is 0 Å². The van der Waals surface area contributed by atoms with E-state index in [9.17, 15) is 14.7 Å². The smallest absolute Gasteiger partial charge is 0.258 e. The Kier molecular flexibility index (Phi) is 3.74. The molecule has 126 valence electrons. The normalized spacial score (nSPS) is 14.9. The number of amides is 1. The molecule has 2 aromatic heterocycles. The van der Waals surface area contributed by atoms with Gasteiger partial charge in [0, 0.05) is 5.56 Å². The van der Waals surface area contributed by atoms with Crippen LogP contribution in [0.25, 0.3) is 11.5 Å². The van der Waals surface area contributed by atoms with Crippen LogP contribution in [-0.4, -0.2) is 27.4 Å². The molecule has 0 saturated heterocycles. The van der Waals surface area contributed by atoms with Crippen molar-refractivity contribution < 1.29 is 19.1 Å². The molecule has 1 saturated carbocycles. The first kappa shape index (κ1) is 15.7. The molecule has 0 atom stereocenters. The fourth-order valence-corrected chi connectivity index (χ4v) is 3.31. The number of benzene rings is 1. The molecule has 1 fully saturated rings. The highest BCUT2D eigenvalue weighted by atomic mass is 32.1. The number of carbonyl (C=O) groups is 2. The zero-order valence-corrected chi connectivity index (χ0v) is 13.9. The fourth-order valence-electron chi connectivity index (χ4n) is 2.39. The Balaban J connectivity index is 1.71. The lowest BCUT2D eigenvalue weighted by Crippen LogP contribution is -2.29. The van der Waals surface area contributed by atoms with E-state index in [2.05, 4.69) is 10.3 Å². The lowest BCUT2D eigenvalue weighted by Gasteiger charge is -2.05. The van der Waals surface area contributed by atoms with E-state index in [1.807, 2.05) is 6.07 Å². The molecule has 1 amide bonds. The van der Waals surface area contributed by atoms with Gasteiger partial charge in [-0.15, -0.1) is 0 Å². The predicted octanol–water partition coefficient (Wildman–Crippen LogP) is 3.10. The summed E-state index contributed by atoms with van der Waals surface area (Å²) in [4.78, 5) is 29.6. The summed E-state index contributed by atoms with van der Waals surface area (Å²) in [5.41, 5.74) is -0.403. The molecule has 25 heavy (non-hydrogen) atoms. The number of ketones is 1. The molecule has 0 spiro atoms. The number of carbonyl (C=O) groups excluding carboxylic acids is 2. The van der Waals surface area contributed by atoms with Gasteiger partial charge in [0.15, 0.2) is 10.9 Å². The Bertz CT molecular complexity index is 927. The summed E-state index contributed by atoms with van der Waals surface area (Å²) in [5, 5.41) is 12.7. The molecular weight excluding hydrogens is 340 g/mol. The third-order valence-electron chi connectivity index (χ3n) is 3.99. The molecule has 2 heterocycles. The van der Waals surface area contributed by atoms with Crippen LogP contribution in [0.15, 0.2) is 53.1 Å². The fraction of sp³-hybridized carbons (Fsp3) is 0.167. The van der Waals surface area contributed by atoms with Crippen molar-refractivity contribution in [1.82, 2.24) is 4.98 Å². The van der Waals surface area contributed by atoms with Gasteiger partial charge >= 0.3 is 0 Å². The minimum absolute atomic E-state index is 0.199. The van der Waals surface area contributed by atoms with Gasteiger partial charge in [0.1, 0.15) is 16.2 Å². The van der Waals surface area contributed by atoms with E-state index in [0.29, 0.717) is 34.7 Å². The van der Waals surface area contributed by atoms with Crippen LogP contribution < -0.4 is 5.32 Å². The molecule has 1 aliphatic rings. The SMILES string of the molecule is O=C(c1ccccc1)c1sc(NC(=O)C2(O)CC2)nc1-c1ccco1. The Morgan fingerprint density at radius 2 is 1.92 bits per heavy atom. The first-order valence-electron chi connectivity index (χ1n) is 7.75. The van der Waals surface area contributed by atoms with Gasteiger partial charge in [-0.2, -0.15) is 0 Å². The van der Waals surface area contributed by atoms with Crippen LogP contribution in [0.3, 0.4) is 0 Å². The summed E-state index contributed by atoms with van der Waals surface area (Å²) in [6.07, 6.45) is 2.37. The van der Waals surface area contributed by atoms with E-state index in [1.54, 1.807) is 36.4 Å². The molecule has 2 N–H and O–H groups in total. The summed E-state index contributed by atoms with van der Waals surface area (Å²) >= 11 is 1.07. The largest absolute Gasteiger partial charge is 0.463 e. The molecule has 1 aliphatic carbocycles. The van der Waals surface area contributed by atoms with Gasteiger partial charge in [-0.05, 0) is 25.0 Å². The van der Waals surface area contributed by atoms with Gasteiger partial charge in [0.2, 0.25) is 5.78 Å². The maximum absolute atomic E-state index is 12.8. The molecule has 0 aliphatic heterocycles. The van der Waals surface area contributed by atoms with Crippen molar-refractivity contribution in [2.24, 2.45) is 0 Å². The van der Waals surface area contributed by atoms with Gasteiger partial charge < -0.3 is 9.52 Å². The first-order valence-corrected chi connectivity index (χ1v) is 8.57. The van der Waals surface area contributed by atoms with Crippen molar-refractivity contribution in [3.8, 4) is 11.5 Å². The van der Waals surface area contributed by atoms with Crippen LogP contribution in [-0.2, 0) is 4.79 Å². The maximum Gasteiger partial charge on any atom is 0.258 e. The number of hydrogen-bond acceptors (Lipinski definition) is 6. The number of thiazole rings is 1. The second-order valence-corrected chi connectivity index (χ2v) is 6.85. The number of nitrogens with one attached hydrogen (secondary N) is 1. The van der Waals surface area contributed by atoms with Crippen LogP contribution in [0.1, 0.15) is 28.1 Å². The molecule has 6 nitrogen and oxygen atoms in total. The predicted molar refractivity (Wildman–Crippen MR) is 92.5 cm³/mol. The molecule has 0 bridgehead atoms. The van der Waals surface area contributed by atoms with Crippen molar-refractivity contribution in [1.29, 1.82) is 0 Å². The van der Waals surface area contributed by atoms with E-state index in [0.717, 1.165) is 11.3 Å². The van der Waals surface area contributed by atoms with Gasteiger partial charge in [-0.3, -0.25) is 14.9 Å². The summed E-state index contributed by atoms with van der Waals surface area (Å²) in [7, 11) is 0. The van der Waals surface area contributed by atoms with Crippen LogP contribution in [0.5, 0.6) is 0 Å². The van der Waals surface area contributed by atoms with E-state index >= 15 is 0 Å². The van der Waals surface area contributed by atoms with Crippen molar-refractivity contribution in [3.05, 3.63) is 59.2 Å². The average Bonchev–Trinajstić information content (AvgIpc) is 3.05. The quantitative estimate of drug-likeness (QED) is 0.687. The number of rotatable bonds is 5. The Labute approximate surface area is 147 Å². The van der Waals surface area contributed by atoms with E-state index in [1.165, 1.54) is 6.26 Å². The highest BCUT2D eigenvalue weighted by molar-refractivity contribution is 7.18. The van der Waals surface area contributed by atoms with Gasteiger partial charge in [-0.1, -0.05) is 41.7 Å². The lowest BCUT2D eigenvalue weighted by atomic mass is 10.1. The van der Waals surface area contributed by atoms with Gasteiger partial charge in [0.05, 0.1) is 6.26 Å². The lowest BCUT2D eigenvalue weighted by molar-refractivity contribution is -0.125. The van der Waals surface area contributed by atoms with Crippen molar-refractivity contribution in [2.75, 3.05) is 5.32 Å². The maximum atomic E-state index is 12.8. The molecule has 7 heteroatoms. The Morgan fingerprint density at radius 3 is 2.56 bits per heavy atom. The number of aliphatic hydroxyl groups is 1. The summed E-state index contributed by atoms with van der Waals surface area (Å²) in [6.45, 7) is 0. The van der Waals surface area contributed by atoms with E-state index in [4.69, 9.17) is 4.42 Å². The molecule has 0 unspecified atom stereocenters. The second kappa shape index (κ2) is 5.94. The minimum Gasteiger partial charge on any atom is -0.463 e. The van der Waals surface area contributed by atoms with Gasteiger partial charge in [0.25, 0.3) is 5.91 Å². The Hall–Kier alpha value is -2.77. The second-order valence-electron chi connectivity index (χ2n) is 5.85. The van der Waals surface area contributed by atoms with Crippen LogP contribution in [0.4, 0.5) is 5.13 Å². The number of nitrogens with zero attached hydrogens (tertiary/aromatic N) is 1. The Morgan fingerprint density at radius 1 is 1.16 bits per heavy atom. The number of hydrogen-bond donors (Lipinski definition) is 2. The van der Waals surface area contributed by atoms with Crippen LogP contribution in [0.2, 0.25) is 0 Å². The van der Waals surface area contributed by atoms with Crippen molar-refractivity contribution in [2.45, 2.75) is 18.4 Å². The topological polar surface area (TPSA) is 92.4 Å². The van der Waals surface area contributed by atoms with Gasteiger partial charge in [-0.25, -0.2) is 4.98 Å². The number of anilines is 1. The zero-order chi connectivity index (χ0) is 17.4. The third kappa shape index (κ3) is 2.99. The molecule has 0 radical (unpaired) electrons. The highest BCUT2D eigenvalue weighted by Gasteiger charge is 2.48. The average molecular weight is 354 g/mol. The van der Waals surface area contributed by atoms with E-state index < -0.39 is 11.5 Å². The first-order chi connectivity index (χ1) is 12.1. The number of furan rings is 1. The van der Waals surface area contributed by atoms with Crippen LogP contribution >= 0.6 is 11.3 Å². The molecule has 1 aromatic carbocycles. The standard InChI is InChI=1S/C18H14N2O4S/c21-14(11-5-2-1-3-6-11)15-13(12-7-4-10-24-12)19-17(25-15)20-16(22)18(23)8-9-18/h1-7,10,23H,8-9H2,(H,19,20,22). The highest BCUT2D eigenvalue weighted by Crippen LogP contribution is 2.38.